The number of aryl methyl sites for hydroxylation is 2. The van der Waals surface area contributed by atoms with Gasteiger partial charge < -0.3 is 14.0 Å². The van der Waals surface area contributed by atoms with Gasteiger partial charge in [-0.1, -0.05) is 0 Å². The lowest BCUT2D eigenvalue weighted by molar-refractivity contribution is 0.0982. The molecule has 98 valence electrons. The van der Waals surface area contributed by atoms with Gasteiger partial charge in [-0.3, -0.25) is 4.79 Å². The van der Waals surface area contributed by atoms with Crippen molar-refractivity contribution in [3.8, 4) is 11.5 Å². The summed E-state index contributed by atoms with van der Waals surface area (Å²) in [6.45, 7) is 0.232. The minimum absolute atomic E-state index is 0.125. The number of carbonyl (C=O) groups is 1. The third-order valence-electron chi connectivity index (χ3n) is 3.35. The average Bonchev–Trinajstić information content (AvgIpc) is 3.03. The summed E-state index contributed by atoms with van der Waals surface area (Å²) in [4.78, 5) is 12.1. The second-order valence-electron chi connectivity index (χ2n) is 4.60. The molecule has 2 heterocycles. The van der Waals surface area contributed by atoms with Crippen molar-refractivity contribution in [1.29, 1.82) is 0 Å². The molecule has 1 aromatic heterocycles. The lowest BCUT2D eigenvalue weighted by atomic mass is 10.0. The Bertz CT molecular complexity index is 616. The number of fused-ring (bicyclic) bond motifs is 1. The molecule has 0 saturated heterocycles. The lowest BCUT2D eigenvalue weighted by Crippen LogP contribution is -2.03. The molecule has 0 atom stereocenters. The first kappa shape index (κ1) is 11.8. The van der Waals surface area contributed by atoms with Crippen molar-refractivity contribution in [2.24, 2.45) is 7.05 Å². The van der Waals surface area contributed by atoms with Gasteiger partial charge in [0.1, 0.15) is 0 Å². The van der Waals surface area contributed by atoms with E-state index in [1.165, 1.54) is 0 Å². The van der Waals surface area contributed by atoms with Crippen LogP contribution >= 0.6 is 0 Å². The number of aromatic nitrogens is 1. The van der Waals surface area contributed by atoms with Crippen LogP contribution in [0.5, 0.6) is 11.5 Å². The van der Waals surface area contributed by atoms with Gasteiger partial charge in [0.25, 0.3) is 0 Å². The summed E-state index contributed by atoms with van der Waals surface area (Å²) in [5.41, 5.74) is 1.84. The maximum absolute atomic E-state index is 12.1. The van der Waals surface area contributed by atoms with E-state index in [-0.39, 0.29) is 12.6 Å². The molecular weight excluding hydrogens is 242 g/mol. The monoisotopic (exact) mass is 257 g/mol. The molecule has 0 unspecified atom stereocenters. The molecule has 0 fully saturated rings. The van der Waals surface area contributed by atoms with E-state index in [4.69, 9.17) is 9.47 Å². The molecule has 0 bridgehead atoms. The SMILES string of the molecule is Cn1cccc1CCC(=O)c1ccc2c(c1)OCO2. The molecule has 0 amide bonds. The molecule has 4 nitrogen and oxygen atoms in total. The summed E-state index contributed by atoms with van der Waals surface area (Å²) in [5, 5.41) is 0. The number of Topliss-reactive ketones (excluding diaryl/α,β-unsaturated/α-hetero) is 1. The Morgan fingerprint density at radius 1 is 1.26 bits per heavy atom. The van der Waals surface area contributed by atoms with Crippen molar-refractivity contribution in [1.82, 2.24) is 4.57 Å². The molecule has 0 spiro atoms. The summed E-state index contributed by atoms with van der Waals surface area (Å²) in [5.74, 6) is 1.49. The van der Waals surface area contributed by atoms with Crippen molar-refractivity contribution in [3.63, 3.8) is 0 Å². The summed E-state index contributed by atoms with van der Waals surface area (Å²) >= 11 is 0. The Morgan fingerprint density at radius 3 is 2.89 bits per heavy atom. The van der Waals surface area contributed by atoms with Crippen LogP contribution in [0.15, 0.2) is 36.5 Å². The second kappa shape index (κ2) is 4.80. The molecular formula is C15H15NO3. The van der Waals surface area contributed by atoms with Gasteiger partial charge in [0.15, 0.2) is 17.3 Å². The van der Waals surface area contributed by atoms with Crippen LogP contribution in [0.2, 0.25) is 0 Å². The molecule has 2 aromatic rings. The van der Waals surface area contributed by atoms with Crippen LogP contribution in [-0.4, -0.2) is 17.1 Å². The van der Waals surface area contributed by atoms with Gasteiger partial charge in [-0.2, -0.15) is 0 Å². The fourth-order valence-electron chi connectivity index (χ4n) is 2.21. The number of rotatable bonds is 4. The first-order chi connectivity index (χ1) is 9.24. The van der Waals surface area contributed by atoms with E-state index < -0.39 is 0 Å². The number of ether oxygens (including phenoxy) is 2. The van der Waals surface area contributed by atoms with E-state index in [1.54, 1.807) is 18.2 Å². The third kappa shape index (κ3) is 2.34. The fraction of sp³-hybridized carbons (Fsp3) is 0.267. The molecule has 0 N–H and O–H groups in total. The number of nitrogens with zero attached hydrogens (tertiary/aromatic N) is 1. The van der Waals surface area contributed by atoms with E-state index in [9.17, 15) is 4.79 Å². The van der Waals surface area contributed by atoms with E-state index >= 15 is 0 Å². The van der Waals surface area contributed by atoms with Crippen LogP contribution in [0.4, 0.5) is 0 Å². The Labute approximate surface area is 111 Å². The van der Waals surface area contributed by atoms with Crippen LogP contribution in [0.1, 0.15) is 22.5 Å². The number of carbonyl (C=O) groups excluding carboxylic acids is 1. The molecule has 0 saturated carbocycles. The molecule has 1 aliphatic heterocycles. The first-order valence-electron chi connectivity index (χ1n) is 6.27. The maximum atomic E-state index is 12.1. The van der Waals surface area contributed by atoms with E-state index in [0.29, 0.717) is 23.5 Å². The minimum Gasteiger partial charge on any atom is -0.454 e. The van der Waals surface area contributed by atoms with Crippen LogP contribution in [0.25, 0.3) is 0 Å². The highest BCUT2D eigenvalue weighted by Gasteiger charge is 2.16. The van der Waals surface area contributed by atoms with Gasteiger partial charge >= 0.3 is 0 Å². The molecule has 3 rings (SSSR count). The zero-order valence-electron chi connectivity index (χ0n) is 10.8. The predicted octanol–water partition coefficient (Wildman–Crippen LogP) is 2.57. The van der Waals surface area contributed by atoms with Crippen molar-refractivity contribution >= 4 is 5.78 Å². The average molecular weight is 257 g/mol. The molecule has 19 heavy (non-hydrogen) atoms. The Balaban J connectivity index is 1.69. The Morgan fingerprint density at radius 2 is 2.11 bits per heavy atom. The zero-order chi connectivity index (χ0) is 13.2. The van der Waals surface area contributed by atoms with Crippen LogP contribution in [0.3, 0.4) is 0 Å². The first-order valence-corrected chi connectivity index (χ1v) is 6.27. The number of ketones is 1. The van der Waals surface area contributed by atoms with Crippen molar-refractivity contribution < 1.29 is 14.3 Å². The highest BCUT2D eigenvalue weighted by atomic mass is 16.7. The Hall–Kier alpha value is -2.23. The molecule has 0 radical (unpaired) electrons. The van der Waals surface area contributed by atoms with E-state index in [0.717, 1.165) is 12.1 Å². The van der Waals surface area contributed by atoms with Gasteiger partial charge in [-0.05, 0) is 36.8 Å². The molecule has 1 aromatic carbocycles. The number of benzene rings is 1. The standard InChI is InChI=1S/C15H15NO3/c1-16-8-2-3-12(16)5-6-13(17)11-4-7-14-15(9-11)19-10-18-14/h2-4,7-9H,5-6,10H2,1H3. The van der Waals surface area contributed by atoms with Gasteiger partial charge in [0.05, 0.1) is 0 Å². The highest BCUT2D eigenvalue weighted by Crippen LogP contribution is 2.32. The van der Waals surface area contributed by atoms with Gasteiger partial charge in [-0.15, -0.1) is 0 Å². The number of hydrogen-bond acceptors (Lipinski definition) is 3. The van der Waals surface area contributed by atoms with Crippen LogP contribution in [0, 0.1) is 0 Å². The summed E-state index contributed by atoms with van der Waals surface area (Å²) in [6.07, 6.45) is 3.23. The molecule has 1 aliphatic rings. The molecule has 0 aliphatic carbocycles. The Kier molecular flexibility index (Phi) is 2.99. The van der Waals surface area contributed by atoms with Crippen molar-refractivity contribution in [2.75, 3.05) is 6.79 Å². The number of hydrogen-bond donors (Lipinski definition) is 0. The smallest absolute Gasteiger partial charge is 0.231 e. The van der Waals surface area contributed by atoms with Gasteiger partial charge in [0.2, 0.25) is 6.79 Å². The van der Waals surface area contributed by atoms with Crippen LogP contribution in [-0.2, 0) is 13.5 Å². The second-order valence-corrected chi connectivity index (χ2v) is 4.60. The normalized spacial score (nSPS) is 12.7. The van der Waals surface area contributed by atoms with Crippen molar-refractivity contribution in [3.05, 3.63) is 47.8 Å². The maximum Gasteiger partial charge on any atom is 0.231 e. The van der Waals surface area contributed by atoms with E-state index in [2.05, 4.69) is 0 Å². The van der Waals surface area contributed by atoms with Crippen LogP contribution < -0.4 is 9.47 Å². The summed E-state index contributed by atoms with van der Waals surface area (Å²) < 4.78 is 12.5. The van der Waals surface area contributed by atoms with E-state index in [1.807, 2.05) is 29.9 Å². The minimum atomic E-state index is 0.125. The molecule has 4 heteroatoms. The highest BCUT2D eigenvalue weighted by molar-refractivity contribution is 5.96. The fourth-order valence-corrected chi connectivity index (χ4v) is 2.21. The quantitative estimate of drug-likeness (QED) is 0.790. The third-order valence-corrected chi connectivity index (χ3v) is 3.35. The summed E-state index contributed by atoms with van der Waals surface area (Å²) in [7, 11) is 1.99. The lowest BCUT2D eigenvalue weighted by Gasteiger charge is -2.04. The van der Waals surface area contributed by atoms with Gasteiger partial charge in [-0.25, -0.2) is 0 Å². The zero-order valence-corrected chi connectivity index (χ0v) is 10.8. The topological polar surface area (TPSA) is 40.5 Å². The summed E-state index contributed by atoms with van der Waals surface area (Å²) in [6, 6.07) is 9.36. The predicted molar refractivity (Wildman–Crippen MR) is 70.6 cm³/mol. The largest absolute Gasteiger partial charge is 0.454 e. The van der Waals surface area contributed by atoms with Crippen molar-refractivity contribution in [2.45, 2.75) is 12.8 Å². The van der Waals surface area contributed by atoms with Gasteiger partial charge in [0, 0.05) is 30.9 Å².